The largest absolute Gasteiger partial charge is 0.484 e. The van der Waals surface area contributed by atoms with Crippen LogP contribution in [0.3, 0.4) is 0 Å². The highest BCUT2D eigenvalue weighted by molar-refractivity contribution is 7.13. The van der Waals surface area contributed by atoms with Gasteiger partial charge in [0.15, 0.2) is 6.61 Å². The van der Waals surface area contributed by atoms with Crippen LogP contribution in [-0.2, 0) is 11.3 Å². The molecule has 1 aromatic heterocycles. The number of aromatic nitrogens is 1. The first kappa shape index (κ1) is 20.8. The van der Waals surface area contributed by atoms with Crippen molar-refractivity contribution in [3.8, 4) is 16.3 Å². The number of carbonyl (C=O) groups is 1. The maximum atomic E-state index is 12.5. The average Bonchev–Trinajstić information content (AvgIpc) is 3.22. The standard InChI is InChI=1S/C23H24ClN3O2S/c1-17-4-2-3-5-21(17)29-15-22(28)27-12-10-26(11-13-27)14-20-16-30-23(25-20)18-6-8-19(24)9-7-18/h2-9,16H,10-15H2,1H3. The van der Waals surface area contributed by atoms with Gasteiger partial charge in [0.25, 0.3) is 5.91 Å². The van der Waals surface area contributed by atoms with Crippen molar-refractivity contribution in [2.24, 2.45) is 0 Å². The summed E-state index contributed by atoms with van der Waals surface area (Å²) in [6.07, 6.45) is 0. The molecular weight excluding hydrogens is 418 g/mol. The Morgan fingerprint density at radius 2 is 1.83 bits per heavy atom. The van der Waals surface area contributed by atoms with E-state index in [2.05, 4.69) is 10.3 Å². The number of amides is 1. The van der Waals surface area contributed by atoms with E-state index in [1.807, 2.05) is 60.4 Å². The lowest BCUT2D eigenvalue weighted by Gasteiger charge is -2.34. The van der Waals surface area contributed by atoms with Gasteiger partial charge in [0.1, 0.15) is 10.8 Å². The number of halogens is 1. The minimum Gasteiger partial charge on any atom is -0.484 e. The number of hydrogen-bond donors (Lipinski definition) is 0. The molecule has 1 amide bonds. The maximum Gasteiger partial charge on any atom is 0.260 e. The number of piperazine rings is 1. The summed E-state index contributed by atoms with van der Waals surface area (Å²) in [4.78, 5) is 21.5. The van der Waals surface area contributed by atoms with Gasteiger partial charge in [-0.2, -0.15) is 0 Å². The van der Waals surface area contributed by atoms with Crippen LogP contribution in [0, 0.1) is 6.92 Å². The second-order valence-corrected chi connectivity index (χ2v) is 8.66. The number of nitrogens with zero attached hydrogens (tertiary/aromatic N) is 3. The second-order valence-electron chi connectivity index (χ2n) is 7.36. The summed E-state index contributed by atoms with van der Waals surface area (Å²) in [6, 6.07) is 15.5. The fourth-order valence-electron chi connectivity index (χ4n) is 3.44. The first-order chi connectivity index (χ1) is 14.6. The van der Waals surface area contributed by atoms with Gasteiger partial charge in [-0.05, 0) is 30.7 Å². The molecule has 0 atom stereocenters. The van der Waals surface area contributed by atoms with Crippen LogP contribution in [0.5, 0.6) is 5.75 Å². The van der Waals surface area contributed by atoms with Crippen LogP contribution in [0.4, 0.5) is 0 Å². The Hall–Kier alpha value is -2.41. The normalized spacial score (nSPS) is 14.7. The SMILES string of the molecule is Cc1ccccc1OCC(=O)N1CCN(Cc2csc(-c3ccc(Cl)cc3)n2)CC1. The third-order valence-electron chi connectivity index (χ3n) is 5.20. The van der Waals surface area contributed by atoms with Crippen LogP contribution in [0.2, 0.25) is 5.02 Å². The van der Waals surface area contributed by atoms with Gasteiger partial charge in [-0.3, -0.25) is 9.69 Å². The van der Waals surface area contributed by atoms with Gasteiger partial charge in [0.2, 0.25) is 0 Å². The van der Waals surface area contributed by atoms with Crippen molar-refractivity contribution < 1.29 is 9.53 Å². The predicted octanol–water partition coefficient (Wildman–Crippen LogP) is 4.50. The minimum absolute atomic E-state index is 0.0385. The van der Waals surface area contributed by atoms with Crippen LogP contribution < -0.4 is 4.74 Å². The van der Waals surface area contributed by atoms with E-state index in [9.17, 15) is 4.79 Å². The van der Waals surface area contributed by atoms with Crippen molar-refractivity contribution in [1.82, 2.24) is 14.8 Å². The lowest BCUT2D eigenvalue weighted by molar-refractivity contribution is -0.135. The highest BCUT2D eigenvalue weighted by atomic mass is 35.5. The van der Waals surface area contributed by atoms with E-state index in [4.69, 9.17) is 21.3 Å². The molecule has 0 spiro atoms. The number of para-hydroxylation sites is 1. The lowest BCUT2D eigenvalue weighted by Crippen LogP contribution is -2.49. The van der Waals surface area contributed by atoms with Crippen molar-refractivity contribution in [3.05, 3.63) is 70.2 Å². The van der Waals surface area contributed by atoms with Crippen LogP contribution in [0.15, 0.2) is 53.9 Å². The smallest absolute Gasteiger partial charge is 0.260 e. The van der Waals surface area contributed by atoms with Gasteiger partial charge in [0, 0.05) is 48.7 Å². The van der Waals surface area contributed by atoms with E-state index in [1.54, 1.807) is 11.3 Å². The summed E-state index contributed by atoms with van der Waals surface area (Å²) in [5, 5.41) is 3.84. The summed E-state index contributed by atoms with van der Waals surface area (Å²) in [6.45, 7) is 5.96. The van der Waals surface area contributed by atoms with E-state index >= 15 is 0 Å². The van der Waals surface area contributed by atoms with Crippen LogP contribution in [-0.4, -0.2) is 53.5 Å². The summed E-state index contributed by atoms with van der Waals surface area (Å²) in [5.74, 6) is 0.807. The van der Waals surface area contributed by atoms with Gasteiger partial charge in [0.05, 0.1) is 5.69 Å². The Bertz CT molecular complexity index is 998. The molecule has 3 aromatic rings. The number of hydrogen-bond acceptors (Lipinski definition) is 5. The first-order valence-electron chi connectivity index (χ1n) is 9.97. The monoisotopic (exact) mass is 441 g/mol. The molecule has 2 heterocycles. The van der Waals surface area contributed by atoms with Crippen molar-refractivity contribution in [2.75, 3.05) is 32.8 Å². The van der Waals surface area contributed by atoms with Crippen molar-refractivity contribution in [3.63, 3.8) is 0 Å². The molecule has 7 heteroatoms. The number of rotatable bonds is 6. The molecule has 5 nitrogen and oxygen atoms in total. The average molecular weight is 442 g/mol. The third kappa shape index (κ3) is 5.19. The molecule has 0 unspecified atom stereocenters. The Labute approximate surface area is 185 Å². The molecule has 4 rings (SSSR count). The summed E-state index contributed by atoms with van der Waals surface area (Å²) >= 11 is 7.61. The zero-order valence-electron chi connectivity index (χ0n) is 16.9. The van der Waals surface area contributed by atoms with Crippen molar-refractivity contribution in [1.29, 1.82) is 0 Å². The van der Waals surface area contributed by atoms with Gasteiger partial charge >= 0.3 is 0 Å². The molecule has 0 radical (unpaired) electrons. The van der Waals surface area contributed by atoms with Crippen molar-refractivity contribution >= 4 is 28.8 Å². The van der Waals surface area contributed by atoms with E-state index in [0.29, 0.717) is 13.1 Å². The van der Waals surface area contributed by atoms with Crippen LogP contribution >= 0.6 is 22.9 Å². The molecule has 2 aromatic carbocycles. The van der Waals surface area contributed by atoms with Gasteiger partial charge < -0.3 is 9.64 Å². The Morgan fingerprint density at radius 3 is 2.57 bits per heavy atom. The Balaban J connectivity index is 1.25. The van der Waals surface area contributed by atoms with Crippen LogP contribution in [0.25, 0.3) is 10.6 Å². The third-order valence-corrected chi connectivity index (χ3v) is 6.39. The molecule has 0 aliphatic carbocycles. The van der Waals surface area contributed by atoms with Gasteiger partial charge in [-0.15, -0.1) is 11.3 Å². The fraction of sp³-hybridized carbons (Fsp3) is 0.304. The zero-order valence-corrected chi connectivity index (χ0v) is 18.5. The Morgan fingerprint density at radius 1 is 1.10 bits per heavy atom. The number of ether oxygens (including phenoxy) is 1. The highest BCUT2D eigenvalue weighted by Gasteiger charge is 2.22. The first-order valence-corrected chi connectivity index (χ1v) is 11.2. The summed E-state index contributed by atoms with van der Waals surface area (Å²) < 4.78 is 5.70. The number of benzene rings is 2. The Kier molecular flexibility index (Phi) is 6.67. The van der Waals surface area contributed by atoms with Crippen molar-refractivity contribution in [2.45, 2.75) is 13.5 Å². The molecule has 30 heavy (non-hydrogen) atoms. The number of carbonyl (C=O) groups excluding carboxylic acids is 1. The minimum atomic E-state index is 0.0385. The molecule has 1 aliphatic heterocycles. The highest BCUT2D eigenvalue weighted by Crippen LogP contribution is 2.25. The molecule has 1 fully saturated rings. The fourth-order valence-corrected chi connectivity index (χ4v) is 4.38. The topological polar surface area (TPSA) is 45.7 Å². The van der Waals surface area contributed by atoms with E-state index in [0.717, 1.165) is 52.2 Å². The summed E-state index contributed by atoms with van der Waals surface area (Å²) in [5.41, 5.74) is 3.18. The predicted molar refractivity (Wildman–Crippen MR) is 121 cm³/mol. The zero-order chi connectivity index (χ0) is 20.9. The van der Waals surface area contributed by atoms with Crippen LogP contribution in [0.1, 0.15) is 11.3 Å². The molecule has 0 N–H and O–H groups in total. The lowest BCUT2D eigenvalue weighted by atomic mass is 10.2. The van der Waals surface area contributed by atoms with E-state index in [-0.39, 0.29) is 12.5 Å². The quantitative estimate of drug-likeness (QED) is 0.565. The molecule has 0 bridgehead atoms. The number of aryl methyl sites for hydroxylation is 1. The molecule has 156 valence electrons. The molecular formula is C23H24ClN3O2S. The maximum absolute atomic E-state index is 12.5. The summed E-state index contributed by atoms with van der Waals surface area (Å²) in [7, 11) is 0. The second kappa shape index (κ2) is 9.60. The van der Waals surface area contributed by atoms with Gasteiger partial charge in [-0.25, -0.2) is 4.98 Å². The van der Waals surface area contributed by atoms with E-state index in [1.165, 1.54) is 0 Å². The van der Waals surface area contributed by atoms with E-state index < -0.39 is 0 Å². The number of thiazole rings is 1. The molecule has 0 saturated carbocycles. The molecule has 1 saturated heterocycles. The molecule has 1 aliphatic rings. The van der Waals surface area contributed by atoms with Gasteiger partial charge in [-0.1, -0.05) is 41.9 Å².